The van der Waals surface area contributed by atoms with Crippen LogP contribution in [0.25, 0.3) is 0 Å². The van der Waals surface area contributed by atoms with Crippen molar-refractivity contribution in [3.8, 4) is 5.75 Å². The van der Waals surface area contributed by atoms with Crippen molar-refractivity contribution in [1.82, 2.24) is 20.5 Å². The number of benzene rings is 1. The SMILES string of the molecule is Cc1cc(F)c2c(c1)OCC(NC(=O)c1n[nH]c(Cc3ccc(C)s3)n1)C(=O)N2. The molecule has 150 valence electrons. The highest BCUT2D eigenvalue weighted by Gasteiger charge is 2.29. The summed E-state index contributed by atoms with van der Waals surface area (Å²) in [4.78, 5) is 31.4. The van der Waals surface area contributed by atoms with Gasteiger partial charge in [-0.25, -0.2) is 9.37 Å². The van der Waals surface area contributed by atoms with Crippen molar-refractivity contribution in [1.29, 1.82) is 0 Å². The molecule has 1 aliphatic heterocycles. The van der Waals surface area contributed by atoms with Crippen LogP contribution in [0.15, 0.2) is 24.3 Å². The number of hydrogen-bond acceptors (Lipinski definition) is 6. The minimum atomic E-state index is -1.02. The average molecular weight is 415 g/mol. The zero-order valence-electron chi connectivity index (χ0n) is 15.7. The Labute approximate surface area is 169 Å². The Morgan fingerprint density at radius 3 is 2.97 bits per heavy atom. The first-order valence-corrected chi connectivity index (χ1v) is 9.72. The molecule has 0 bridgehead atoms. The van der Waals surface area contributed by atoms with E-state index < -0.39 is 23.7 Å². The van der Waals surface area contributed by atoms with E-state index in [0.29, 0.717) is 17.8 Å². The zero-order chi connectivity index (χ0) is 20.5. The molecule has 1 unspecified atom stereocenters. The molecule has 8 nitrogen and oxygen atoms in total. The lowest BCUT2D eigenvalue weighted by Crippen LogP contribution is -2.46. The third-order valence-corrected chi connectivity index (χ3v) is 5.35. The summed E-state index contributed by atoms with van der Waals surface area (Å²) >= 11 is 1.64. The number of aromatic amines is 1. The largest absolute Gasteiger partial charge is 0.489 e. The fraction of sp³-hybridized carbons (Fsp3) is 0.263. The second-order valence-electron chi connectivity index (χ2n) is 6.74. The van der Waals surface area contributed by atoms with Gasteiger partial charge in [-0.1, -0.05) is 0 Å². The molecule has 1 aromatic carbocycles. The van der Waals surface area contributed by atoms with Crippen LogP contribution >= 0.6 is 11.3 Å². The number of rotatable bonds is 4. The van der Waals surface area contributed by atoms with E-state index in [1.165, 1.54) is 10.9 Å². The van der Waals surface area contributed by atoms with Gasteiger partial charge in [0.25, 0.3) is 11.8 Å². The molecule has 4 rings (SSSR count). The number of H-pyrrole nitrogens is 1. The highest BCUT2D eigenvalue weighted by Crippen LogP contribution is 2.31. The van der Waals surface area contributed by atoms with Crippen LogP contribution in [0.4, 0.5) is 10.1 Å². The van der Waals surface area contributed by atoms with E-state index in [4.69, 9.17) is 4.74 Å². The smallest absolute Gasteiger partial charge is 0.291 e. The first-order chi connectivity index (χ1) is 13.9. The quantitative estimate of drug-likeness (QED) is 0.606. The Morgan fingerprint density at radius 2 is 2.21 bits per heavy atom. The molecule has 0 saturated heterocycles. The van der Waals surface area contributed by atoms with Crippen LogP contribution in [0.3, 0.4) is 0 Å². The molecule has 0 radical (unpaired) electrons. The molecule has 3 N–H and O–H groups in total. The third kappa shape index (κ3) is 4.11. The number of ether oxygens (including phenoxy) is 1. The highest BCUT2D eigenvalue weighted by molar-refractivity contribution is 7.11. The fourth-order valence-electron chi connectivity index (χ4n) is 2.96. The number of thiophene rings is 1. The lowest BCUT2D eigenvalue weighted by molar-refractivity contribution is -0.118. The lowest BCUT2D eigenvalue weighted by atomic mass is 10.2. The summed E-state index contributed by atoms with van der Waals surface area (Å²) in [6.07, 6.45) is 0.528. The minimum absolute atomic E-state index is 0.0382. The van der Waals surface area contributed by atoms with Gasteiger partial charge in [0.2, 0.25) is 5.82 Å². The number of halogens is 1. The maximum Gasteiger partial charge on any atom is 0.291 e. The number of anilines is 1. The number of nitrogens with zero attached hydrogens (tertiary/aromatic N) is 2. The van der Waals surface area contributed by atoms with Crippen molar-refractivity contribution in [2.24, 2.45) is 0 Å². The number of aromatic nitrogens is 3. The fourth-order valence-corrected chi connectivity index (χ4v) is 3.85. The highest BCUT2D eigenvalue weighted by atomic mass is 32.1. The second-order valence-corrected chi connectivity index (χ2v) is 8.11. The first-order valence-electron chi connectivity index (χ1n) is 8.90. The minimum Gasteiger partial charge on any atom is -0.489 e. The van der Waals surface area contributed by atoms with Crippen LogP contribution in [-0.2, 0) is 11.2 Å². The number of aryl methyl sites for hydroxylation is 2. The molecule has 0 spiro atoms. The zero-order valence-corrected chi connectivity index (χ0v) is 16.5. The Bertz CT molecular complexity index is 1090. The summed E-state index contributed by atoms with van der Waals surface area (Å²) < 4.78 is 19.6. The van der Waals surface area contributed by atoms with E-state index in [2.05, 4.69) is 25.8 Å². The summed E-state index contributed by atoms with van der Waals surface area (Å²) in [5, 5.41) is 11.7. The van der Waals surface area contributed by atoms with Crippen molar-refractivity contribution in [2.45, 2.75) is 26.3 Å². The van der Waals surface area contributed by atoms with Crippen molar-refractivity contribution < 1.29 is 18.7 Å². The van der Waals surface area contributed by atoms with Gasteiger partial charge >= 0.3 is 0 Å². The molecule has 3 aromatic rings. The first kappa shape index (κ1) is 19.1. The van der Waals surface area contributed by atoms with Crippen molar-refractivity contribution in [2.75, 3.05) is 11.9 Å². The van der Waals surface area contributed by atoms with E-state index in [0.717, 1.165) is 4.88 Å². The number of carbonyl (C=O) groups excluding carboxylic acids is 2. The average Bonchev–Trinajstić information content (AvgIpc) is 3.26. The Kier molecular flexibility index (Phi) is 5.01. The summed E-state index contributed by atoms with van der Waals surface area (Å²) in [6.45, 7) is 3.59. The van der Waals surface area contributed by atoms with Crippen molar-refractivity contribution >= 4 is 28.8 Å². The lowest BCUT2D eigenvalue weighted by Gasteiger charge is -2.13. The maximum atomic E-state index is 14.1. The molecular weight excluding hydrogens is 397 g/mol. The Morgan fingerprint density at radius 1 is 1.38 bits per heavy atom. The van der Waals surface area contributed by atoms with Crippen LogP contribution < -0.4 is 15.4 Å². The molecule has 2 aromatic heterocycles. The predicted molar refractivity (Wildman–Crippen MR) is 105 cm³/mol. The van der Waals surface area contributed by atoms with Gasteiger partial charge < -0.3 is 15.4 Å². The third-order valence-electron chi connectivity index (χ3n) is 4.35. The Balaban J connectivity index is 1.43. The maximum absolute atomic E-state index is 14.1. The summed E-state index contributed by atoms with van der Waals surface area (Å²) in [5.74, 6) is -1.11. The molecule has 2 amide bonds. The van der Waals surface area contributed by atoms with Gasteiger partial charge in [-0.3, -0.25) is 14.7 Å². The van der Waals surface area contributed by atoms with Crippen LogP contribution in [0.1, 0.15) is 31.8 Å². The summed E-state index contributed by atoms with van der Waals surface area (Å²) in [6, 6.07) is 5.91. The predicted octanol–water partition coefficient (Wildman–Crippen LogP) is 2.34. The van der Waals surface area contributed by atoms with Crippen LogP contribution in [0, 0.1) is 19.7 Å². The number of nitrogens with one attached hydrogen (secondary N) is 3. The van der Waals surface area contributed by atoms with Gasteiger partial charge in [-0.2, -0.15) is 0 Å². The molecule has 10 heteroatoms. The second kappa shape index (κ2) is 7.63. The van der Waals surface area contributed by atoms with E-state index >= 15 is 0 Å². The molecular formula is C19H18FN5O3S. The monoisotopic (exact) mass is 415 g/mol. The number of amides is 2. The summed E-state index contributed by atoms with van der Waals surface area (Å²) in [7, 11) is 0. The standard InChI is InChI=1S/C19H18FN5O3S/c1-9-5-12(20)16-14(6-9)28-8-13(18(26)23-16)21-19(27)17-22-15(24-25-17)7-11-4-3-10(2)29-11/h3-6,13H,7-8H2,1-2H3,(H,21,27)(H,23,26)(H,22,24,25). The molecule has 1 aliphatic rings. The molecule has 0 fully saturated rings. The van der Waals surface area contributed by atoms with Gasteiger partial charge in [-0.05, 0) is 43.7 Å². The van der Waals surface area contributed by atoms with E-state index in [1.807, 2.05) is 19.1 Å². The van der Waals surface area contributed by atoms with E-state index in [1.54, 1.807) is 24.3 Å². The summed E-state index contributed by atoms with van der Waals surface area (Å²) in [5.41, 5.74) is 0.621. The van der Waals surface area contributed by atoms with Crippen molar-refractivity contribution in [3.63, 3.8) is 0 Å². The van der Waals surface area contributed by atoms with E-state index in [9.17, 15) is 14.0 Å². The van der Waals surface area contributed by atoms with Gasteiger partial charge in [0, 0.05) is 16.2 Å². The van der Waals surface area contributed by atoms with Crippen molar-refractivity contribution in [3.05, 3.63) is 57.0 Å². The van der Waals surface area contributed by atoms with Gasteiger partial charge in [0.15, 0.2) is 5.82 Å². The number of carbonyl (C=O) groups is 2. The van der Waals surface area contributed by atoms with Gasteiger partial charge in [0.05, 0.1) is 0 Å². The number of hydrogen-bond donors (Lipinski definition) is 3. The van der Waals surface area contributed by atoms with Crippen LogP contribution in [-0.4, -0.2) is 39.6 Å². The topological polar surface area (TPSA) is 109 Å². The van der Waals surface area contributed by atoms with E-state index in [-0.39, 0.29) is 23.9 Å². The molecule has 0 aliphatic carbocycles. The van der Waals surface area contributed by atoms with Crippen LogP contribution in [0.2, 0.25) is 0 Å². The number of fused-ring (bicyclic) bond motifs is 1. The van der Waals surface area contributed by atoms with Gasteiger partial charge in [0.1, 0.15) is 29.9 Å². The molecule has 0 saturated carbocycles. The molecule has 1 atom stereocenters. The van der Waals surface area contributed by atoms with Crippen LogP contribution in [0.5, 0.6) is 5.75 Å². The Hall–Kier alpha value is -3.27. The van der Waals surface area contributed by atoms with Gasteiger partial charge in [-0.15, -0.1) is 16.4 Å². The normalized spacial score (nSPS) is 15.8. The molecule has 29 heavy (non-hydrogen) atoms. The molecule has 3 heterocycles.